The molecule has 4 nitrogen and oxygen atoms in total. The molecule has 1 aromatic heterocycles. The Labute approximate surface area is 124 Å². The van der Waals surface area contributed by atoms with Crippen molar-refractivity contribution < 1.29 is 17.6 Å². The zero-order valence-corrected chi connectivity index (χ0v) is 11.9. The van der Waals surface area contributed by atoms with E-state index in [1.807, 2.05) is 0 Å². The summed E-state index contributed by atoms with van der Waals surface area (Å²) in [5.74, 6) is -0.670. The highest BCUT2D eigenvalue weighted by atomic mass is 19.4. The Kier molecular flexibility index (Phi) is 4.48. The fourth-order valence-corrected chi connectivity index (χ4v) is 1.71. The summed E-state index contributed by atoms with van der Waals surface area (Å²) in [7, 11) is 0. The maximum absolute atomic E-state index is 13.5. The number of aryl methyl sites for hydroxylation is 1. The van der Waals surface area contributed by atoms with Crippen LogP contribution in [0, 0.1) is 12.7 Å². The van der Waals surface area contributed by atoms with Gasteiger partial charge in [0.1, 0.15) is 11.6 Å². The molecule has 0 spiro atoms. The van der Waals surface area contributed by atoms with Crippen molar-refractivity contribution in [2.75, 3.05) is 17.2 Å². The lowest BCUT2D eigenvalue weighted by Gasteiger charge is -2.12. The maximum Gasteiger partial charge on any atom is 0.433 e. The standard InChI is InChI=1S/C14H14F4N4/c1-3-19-13-21-11(14(16,17)18)7-12(22-13)20-9-5-4-8(2)10(15)6-9/h4-7H,3H2,1-2H3,(H2,19,20,21,22). The number of anilines is 3. The first-order chi connectivity index (χ1) is 10.3. The molecule has 2 rings (SSSR count). The van der Waals surface area contributed by atoms with E-state index in [0.29, 0.717) is 17.8 Å². The second-order valence-corrected chi connectivity index (χ2v) is 4.58. The van der Waals surface area contributed by atoms with E-state index < -0.39 is 17.7 Å². The van der Waals surface area contributed by atoms with E-state index in [9.17, 15) is 17.6 Å². The molecule has 0 aliphatic heterocycles. The molecule has 0 aliphatic rings. The normalized spacial score (nSPS) is 11.4. The molecule has 0 saturated heterocycles. The molecule has 1 aromatic carbocycles. The van der Waals surface area contributed by atoms with Crippen molar-refractivity contribution in [3.8, 4) is 0 Å². The van der Waals surface area contributed by atoms with Gasteiger partial charge in [0.05, 0.1) is 0 Å². The van der Waals surface area contributed by atoms with Crippen molar-refractivity contribution in [3.05, 3.63) is 41.3 Å². The summed E-state index contributed by atoms with van der Waals surface area (Å²) in [5.41, 5.74) is -0.330. The summed E-state index contributed by atoms with van der Waals surface area (Å²) in [6.45, 7) is 3.68. The van der Waals surface area contributed by atoms with Gasteiger partial charge in [-0.15, -0.1) is 0 Å². The van der Waals surface area contributed by atoms with Crippen LogP contribution >= 0.6 is 0 Å². The van der Waals surface area contributed by atoms with Crippen molar-refractivity contribution in [1.82, 2.24) is 9.97 Å². The first-order valence-electron chi connectivity index (χ1n) is 6.53. The molecule has 0 amide bonds. The molecular weight excluding hydrogens is 300 g/mol. The smallest absolute Gasteiger partial charge is 0.354 e. The highest BCUT2D eigenvalue weighted by molar-refractivity contribution is 5.58. The second-order valence-electron chi connectivity index (χ2n) is 4.58. The highest BCUT2D eigenvalue weighted by Crippen LogP contribution is 2.30. The van der Waals surface area contributed by atoms with E-state index in [1.54, 1.807) is 19.9 Å². The van der Waals surface area contributed by atoms with Crippen LogP contribution in [0.15, 0.2) is 24.3 Å². The highest BCUT2D eigenvalue weighted by Gasteiger charge is 2.33. The van der Waals surface area contributed by atoms with Gasteiger partial charge in [-0.25, -0.2) is 9.37 Å². The summed E-state index contributed by atoms with van der Waals surface area (Å²) in [6, 6.07) is 5.05. The van der Waals surface area contributed by atoms with Crippen LogP contribution in [0.2, 0.25) is 0 Å². The molecule has 0 radical (unpaired) electrons. The summed E-state index contributed by atoms with van der Waals surface area (Å²) < 4.78 is 52.0. The molecule has 0 atom stereocenters. The van der Waals surface area contributed by atoms with Crippen LogP contribution in [0.5, 0.6) is 0 Å². The lowest BCUT2D eigenvalue weighted by atomic mass is 10.2. The van der Waals surface area contributed by atoms with Crippen molar-refractivity contribution in [3.63, 3.8) is 0 Å². The number of alkyl halides is 3. The van der Waals surface area contributed by atoms with Crippen LogP contribution in [-0.2, 0) is 6.18 Å². The van der Waals surface area contributed by atoms with Gasteiger partial charge in [0.2, 0.25) is 5.95 Å². The Bertz CT molecular complexity index is 670. The van der Waals surface area contributed by atoms with Crippen molar-refractivity contribution >= 4 is 17.5 Å². The third kappa shape index (κ3) is 3.84. The van der Waals surface area contributed by atoms with Gasteiger partial charge in [0, 0.05) is 18.3 Å². The number of hydrogen-bond donors (Lipinski definition) is 2. The second kappa shape index (κ2) is 6.17. The lowest BCUT2D eigenvalue weighted by molar-refractivity contribution is -0.141. The fourth-order valence-electron chi connectivity index (χ4n) is 1.71. The molecule has 0 fully saturated rings. The van der Waals surface area contributed by atoms with Gasteiger partial charge >= 0.3 is 6.18 Å². The Hall–Kier alpha value is -2.38. The van der Waals surface area contributed by atoms with Gasteiger partial charge < -0.3 is 10.6 Å². The average molecular weight is 314 g/mol. The van der Waals surface area contributed by atoms with E-state index in [1.165, 1.54) is 12.1 Å². The Morgan fingerprint density at radius 2 is 1.86 bits per heavy atom. The minimum atomic E-state index is -4.60. The summed E-state index contributed by atoms with van der Waals surface area (Å²) in [5, 5.41) is 5.28. The molecule has 1 heterocycles. The number of nitrogens with zero attached hydrogens (tertiary/aromatic N) is 2. The van der Waals surface area contributed by atoms with Gasteiger partial charge in [-0.1, -0.05) is 6.07 Å². The Balaban J connectivity index is 2.36. The molecule has 0 bridgehead atoms. The minimum Gasteiger partial charge on any atom is -0.354 e. The Morgan fingerprint density at radius 3 is 2.45 bits per heavy atom. The lowest BCUT2D eigenvalue weighted by Crippen LogP contribution is -2.13. The number of halogens is 4. The third-order valence-electron chi connectivity index (χ3n) is 2.80. The number of benzene rings is 1. The van der Waals surface area contributed by atoms with Crippen molar-refractivity contribution in [1.29, 1.82) is 0 Å². The number of nitrogens with one attached hydrogen (secondary N) is 2. The first kappa shape index (κ1) is 16.0. The van der Waals surface area contributed by atoms with Crippen LogP contribution < -0.4 is 10.6 Å². The zero-order chi connectivity index (χ0) is 16.3. The molecule has 22 heavy (non-hydrogen) atoms. The molecule has 0 aliphatic carbocycles. The molecule has 8 heteroatoms. The van der Waals surface area contributed by atoms with E-state index in [-0.39, 0.29) is 11.8 Å². The van der Waals surface area contributed by atoms with Gasteiger partial charge in [0.25, 0.3) is 0 Å². The van der Waals surface area contributed by atoms with Gasteiger partial charge in [-0.3, -0.25) is 0 Å². The topological polar surface area (TPSA) is 49.8 Å². The third-order valence-corrected chi connectivity index (χ3v) is 2.80. The molecule has 2 aromatic rings. The largest absolute Gasteiger partial charge is 0.433 e. The quantitative estimate of drug-likeness (QED) is 0.834. The number of aromatic nitrogens is 2. The van der Waals surface area contributed by atoms with Crippen LogP contribution in [0.1, 0.15) is 18.2 Å². The summed E-state index contributed by atoms with van der Waals surface area (Å²) >= 11 is 0. The monoisotopic (exact) mass is 314 g/mol. The van der Waals surface area contributed by atoms with Crippen LogP contribution in [0.4, 0.5) is 35.0 Å². The average Bonchev–Trinajstić information content (AvgIpc) is 2.42. The van der Waals surface area contributed by atoms with Crippen LogP contribution in [0.3, 0.4) is 0 Å². The number of hydrogen-bond acceptors (Lipinski definition) is 4. The van der Waals surface area contributed by atoms with E-state index in [2.05, 4.69) is 20.6 Å². The fraction of sp³-hybridized carbons (Fsp3) is 0.286. The molecule has 2 N–H and O–H groups in total. The number of rotatable bonds is 4. The van der Waals surface area contributed by atoms with Crippen molar-refractivity contribution in [2.24, 2.45) is 0 Å². The van der Waals surface area contributed by atoms with Crippen LogP contribution in [0.25, 0.3) is 0 Å². The summed E-state index contributed by atoms with van der Waals surface area (Å²) in [6.07, 6.45) is -4.60. The van der Waals surface area contributed by atoms with Gasteiger partial charge in [0.15, 0.2) is 5.69 Å². The van der Waals surface area contributed by atoms with Crippen molar-refractivity contribution in [2.45, 2.75) is 20.0 Å². The molecular formula is C14H14F4N4. The van der Waals surface area contributed by atoms with Gasteiger partial charge in [-0.2, -0.15) is 18.2 Å². The van der Waals surface area contributed by atoms with Gasteiger partial charge in [-0.05, 0) is 31.5 Å². The molecule has 0 unspecified atom stereocenters. The predicted octanol–water partition coefficient (Wildman–Crippen LogP) is 4.12. The SMILES string of the molecule is CCNc1nc(Nc2ccc(C)c(F)c2)cc(C(F)(F)F)n1. The summed E-state index contributed by atoms with van der Waals surface area (Å²) in [4.78, 5) is 7.33. The maximum atomic E-state index is 13.5. The minimum absolute atomic E-state index is 0.0680. The zero-order valence-electron chi connectivity index (χ0n) is 11.9. The Morgan fingerprint density at radius 1 is 1.14 bits per heavy atom. The molecule has 118 valence electrons. The van der Waals surface area contributed by atoms with E-state index in [0.717, 1.165) is 6.07 Å². The van der Waals surface area contributed by atoms with Crippen LogP contribution in [-0.4, -0.2) is 16.5 Å². The first-order valence-corrected chi connectivity index (χ1v) is 6.53. The predicted molar refractivity (Wildman–Crippen MR) is 75.6 cm³/mol. The van der Waals surface area contributed by atoms with E-state index in [4.69, 9.17) is 0 Å². The molecule has 0 saturated carbocycles. The van der Waals surface area contributed by atoms with E-state index >= 15 is 0 Å².